The molecule has 8 nitrogen and oxygen atoms in total. The first-order valence-corrected chi connectivity index (χ1v) is 17.7. The zero-order chi connectivity index (χ0) is 30.7. The predicted molar refractivity (Wildman–Crippen MR) is 163 cm³/mol. The first-order valence-electron chi connectivity index (χ1n) is 14.8. The maximum atomic E-state index is 13.2. The van der Waals surface area contributed by atoms with Crippen LogP contribution in [0.4, 0.5) is 0 Å². The van der Waals surface area contributed by atoms with E-state index < -0.39 is 14.4 Å². The molecule has 0 N–H and O–H groups in total. The van der Waals surface area contributed by atoms with Crippen molar-refractivity contribution in [1.82, 2.24) is 4.90 Å². The fourth-order valence-corrected chi connectivity index (χ4v) is 6.93. The van der Waals surface area contributed by atoms with Gasteiger partial charge in [-0.1, -0.05) is 52.0 Å². The fraction of sp³-hybridized carbons (Fsp3) is 0.545. The lowest BCUT2D eigenvalue weighted by atomic mass is 9.86. The summed E-state index contributed by atoms with van der Waals surface area (Å²) in [7, 11) is -0.630. The number of imide groups is 1. The van der Waals surface area contributed by atoms with Crippen LogP contribution in [-0.4, -0.2) is 69.9 Å². The number of rotatable bonds is 13. The molecule has 2 aliphatic heterocycles. The van der Waals surface area contributed by atoms with E-state index in [9.17, 15) is 14.4 Å². The van der Waals surface area contributed by atoms with Gasteiger partial charge in [0.25, 0.3) is 11.8 Å². The third-order valence-corrected chi connectivity index (χ3v) is 13.7. The average Bonchev–Trinajstić information content (AvgIpc) is 3.36. The second-order valence-electron chi connectivity index (χ2n) is 13.0. The molecule has 0 saturated carbocycles. The van der Waals surface area contributed by atoms with Gasteiger partial charge >= 0.3 is 0 Å². The number of fused-ring (bicyclic) bond motifs is 1. The summed E-state index contributed by atoms with van der Waals surface area (Å²) < 4.78 is 24.7. The Bertz CT molecular complexity index is 1220. The molecule has 3 unspecified atom stereocenters. The number of aldehydes is 1. The number of carbonyl (C=O) groups excluding carboxylic acids is 3. The first-order chi connectivity index (χ1) is 19.9. The molecular formula is C33H45NO7Si. The summed E-state index contributed by atoms with van der Waals surface area (Å²) in [6, 6.07) is 14.7. The topological polar surface area (TPSA) is 91.4 Å². The van der Waals surface area contributed by atoms with Crippen molar-refractivity contribution >= 4 is 26.4 Å². The molecule has 0 aliphatic carbocycles. The third kappa shape index (κ3) is 7.02. The molecule has 1 fully saturated rings. The van der Waals surface area contributed by atoms with Gasteiger partial charge in [-0.25, -0.2) is 0 Å². The van der Waals surface area contributed by atoms with Crippen LogP contribution in [0.2, 0.25) is 18.1 Å². The molecule has 4 rings (SSSR count). The van der Waals surface area contributed by atoms with Crippen LogP contribution in [-0.2, 0) is 25.3 Å². The Morgan fingerprint density at radius 2 is 1.62 bits per heavy atom. The smallest absolute Gasteiger partial charge is 0.261 e. The van der Waals surface area contributed by atoms with Crippen LogP contribution < -0.4 is 4.74 Å². The Morgan fingerprint density at radius 1 is 1.00 bits per heavy atom. The predicted octanol–water partition coefficient (Wildman–Crippen LogP) is 5.90. The summed E-state index contributed by atoms with van der Waals surface area (Å²) in [6.07, 6.45) is 0.797. The molecule has 5 atom stereocenters. The van der Waals surface area contributed by atoms with Crippen LogP contribution in [0, 0.1) is 11.8 Å². The van der Waals surface area contributed by atoms with Gasteiger partial charge in [0.05, 0.1) is 56.3 Å². The molecule has 2 amide bonds. The van der Waals surface area contributed by atoms with Crippen LogP contribution >= 0.6 is 0 Å². The Kier molecular flexibility index (Phi) is 10.1. The molecule has 2 aliphatic rings. The molecule has 0 aromatic heterocycles. The van der Waals surface area contributed by atoms with Gasteiger partial charge in [-0.15, -0.1) is 0 Å². The van der Waals surface area contributed by atoms with E-state index in [-0.39, 0.29) is 53.9 Å². The molecule has 0 radical (unpaired) electrons. The van der Waals surface area contributed by atoms with E-state index in [2.05, 4.69) is 40.8 Å². The van der Waals surface area contributed by atoms with Crippen molar-refractivity contribution < 1.29 is 33.0 Å². The zero-order valence-corrected chi connectivity index (χ0v) is 26.9. The maximum Gasteiger partial charge on any atom is 0.261 e. The largest absolute Gasteiger partial charge is 0.497 e. The quantitative estimate of drug-likeness (QED) is 0.162. The highest BCUT2D eigenvalue weighted by molar-refractivity contribution is 6.74. The van der Waals surface area contributed by atoms with E-state index in [1.807, 2.05) is 24.3 Å². The molecule has 2 aromatic rings. The van der Waals surface area contributed by atoms with Gasteiger partial charge in [-0.2, -0.15) is 0 Å². The van der Waals surface area contributed by atoms with Crippen LogP contribution in [0.1, 0.15) is 66.8 Å². The van der Waals surface area contributed by atoms with Crippen molar-refractivity contribution in [2.24, 2.45) is 11.8 Å². The standard InChI is InChI=1S/C33H45NO7Si/c1-22-28(21-39-20-23-12-14-24(38-5)15-13-23)29(16-17-35)40-30(22)18-25(41-42(6,7)33(2,3)4)19-34-31(36)26-10-8-9-11-27(26)32(34)37/h8-15,17,22,25,28-30H,16,18-21H2,1-7H3/t22-,25?,28?,29+,30?/m1/s1. The highest BCUT2D eigenvalue weighted by Gasteiger charge is 2.46. The summed E-state index contributed by atoms with van der Waals surface area (Å²) in [4.78, 5) is 39.4. The number of amides is 2. The first kappa shape index (κ1) is 32.1. The number of benzene rings is 2. The molecule has 42 heavy (non-hydrogen) atoms. The van der Waals surface area contributed by atoms with E-state index in [0.29, 0.717) is 30.8 Å². The highest BCUT2D eigenvalue weighted by atomic mass is 28.4. The zero-order valence-electron chi connectivity index (χ0n) is 25.9. The Balaban J connectivity index is 1.48. The lowest BCUT2D eigenvalue weighted by molar-refractivity contribution is -0.111. The van der Waals surface area contributed by atoms with E-state index in [1.54, 1.807) is 31.4 Å². The lowest BCUT2D eigenvalue weighted by Crippen LogP contribution is -2.49. The number of nitrogens with zero attached hydrogens (tertiary/aromatic N) is 1. The molecule has 1 saturated heterocycles. The highest BCUT2D eigenvalue weighted by Crippen LogP contribution is 2.41. The minimum Gasteiger partial charge on any atom is -0.497 e. The summed E-state index contributed by atoms with van der Waals surface area (Å²) in [5.41, 5.74) is 1.90. The SMILES string of the molecule is COc1ccc(COCC2[C@@H](C)C(CC(CN3C(=O)c4ccccc4C3=O)O[Si](C)(C)C(C)(C)C)O[C@H]2CC=O)cc1. The molecular weight excluding hydrogens is 550 g/mol. The summed E-state index contributed by atoms with van der Waals surface area (Å²) in [6.45, 7) is 14.0. The summed E-state index contributed by atoms with van der Waals surface area (Å²) in [5.74, 6) is 0.317. The minimum atomic E-state index is -2.27. The number of hydrogen-bond donors (Lipinski definition) is 0. The Hall–Kier alpha value is -2.85. The van der Waals surface area contributed by atoms with E-state index >= 15 is 0 Å². The van der Waals surface area contributed by atoms with Crippen LogP contribution in [0.25, 0.3) is 0 Å². The van der Waals surface area contributed by atoms with Gasteiger partial charge in [0, 0.05) is 18.8 Å². The number of ether oxygens (including phenoxy) is 3. The van der Waals surface area contributed by atoms with Gasteiger partial charge in [0.1, 0.15) is 12.0 Å². The molecule has 2 aromatic carbocycles. The number of methoxy groups -OCH3 is 1. The number of carbonyl (C=O) groups is 3. The van der Waals surface area contributed by atoms with Gasteiger partial charge < -0.3 is 23.4 Å². The Morgan fingerprint density at radius 3 is 2.17 bits per heavy atom. The van der Waals surface area contributed by atoms with Gasteiger partial charge in [-0.3, -0.25) is 14.5 Å². The van der Waals surface area contributed by atoms with E-state index in [0.717, 1.165) is 17.6 Å². The summed E-state index contributed by atoms with van der Waals surface area (Å²) >= 11 is 0. The van der Waals surface area contributed by atoms with Crippen LogP contribution in [0.5, 0.6) is 5.75 Å². The maximum absolute atomic E-state index is 13.2. The lowest BCUT2D eigenvalue weighted by Gasteiger charge is -2.40. The van der Waals surface area contributed by atoms with Crippen molar-refractivity contribution in [2.75, 3.05) is 20.3 Å². The van der Waals surface area contributed by atoms with Crippen LogP contribution in [0.15, 0.2) is 48.5 Å². The normalized spacial score (nSPS) is 23.3. The Labute approximate surface area is 250 Å². The van der Waals surface area contributed by atoms with Gasteiger partial charge in [0.15, 0.2) is 8.32 Å². The molecule has 0 bridgehead atoms. The van der Waals surface area contributed by atoms with E-state index in [4.69, 9.17) is 18.6 Å². The fourth-order valence-electron chi connectivity index (χ4n) is 5.57. The van der Waals surface area contributed by atoms with Crippen molar-refractivity contribution in [1.29, 1.82) is 0 Å². The molecule has 2 heterocycles. The second-order valence-corrected chi connectivity index (χ2v) is 17.8. The van der Waals surface area contributed by atoms with Crippen molar-refractivity contribution in [2.45, 2.75) is 83.6 Å². The van der Waals surface area contributed by atoms with E-state index in [1.165, 1.54) is 4.90 Å². The van der Waals surface area contributed by atoms with Crippen molar-refractivity contribution in [3.8, 4) is 5.75 Å². The van der Waals surface area contributed by atoms with Crippen molar-refractivity contribution in [3.05, 3.63) is 65.2 Å². The monoisotopic (exact) mass is 595 g/mol. The second kappa shape index (κ2) is 13.2. The van der Waals surface area contributed by atoms with Crippen LogP contribution in [0.3, 0.4) is 0 Å². The van der Waals surface area contributed by atoms with Gasteiger partial charge in [-0.05, 0) is 53.9 Å². The molecule has 0 spiro atoms. The average molecular weight is 596 g/mol. The van der Waals surface area contributed by atoms with Gasteiger partial charge in [0.2, 0.25) is 0 Å². The summed E-state index contributed by atoms with van der Waals surface area (Å²) in [5, 5.41) is -0.0622. The minimum absolute atomic E-state index is 0.0197. The molecule has 9 heteroatoms. The molecule has 228 valence electrons. The third-order valence-electron chi connectivity index (χ3n) is 9.18. The van der Waals surface area contributed by atoms with Crippen molar-refractivity contribution in [3.63, 3.8) is 0 Å². The number of hydrogen-bond acceptors (Lipinski definition) is 7.